The maximum atomic E-state index is 9.05. The second kappa shape index (κ2) is 6.38. The number of nitrogens with one attached hydrogen (secondary N) is 1. The first-order valence-electron chi connectivity index (χ1n) is 5.64. The third kappa shape index (κ3) is 3.89. The lowest BCUT2D eigenvalue weighted by Crippen LogP contribution is -2.33. The molecule has 2 N–H and O–H groups in total. The van der Waals surface area contributed by atoms with Crippen molar-refractivity contribution in [1.29, 1.82) is 0 Å². The standard InChI is InChI=1S/C13H20BrNO/c1-9-6-13(14)5-4-12(9)7-15-11(3)10(2)8-16/h4-6,10-11,15-16H,7-8H2,1-3H3. The number of aryl methyl sites for hydroxylation is 1. The molecule has 3 heteroatoms. The molecule has 90 valence electrons. The Hall–Kier alpha value is -0.380. The highest BCUT2D eigenvalue weighted by Crippen LogP contribution is 2.16. The molecule has 1 aromatic rings. The topological polar surface area (TPSA) is 32.3 Å². The molecule has 0 saturated carbocycles. The van der Waals surface area contributed by atoms with Gasteiger partial charge in [0.1, 0.15) is 0 Å². The zero-order chi connectivity index (χ0) is 12.1. The van der Waals surface area contributed by atoms with E-state index in [-0.39, 0.29) is 12.5 Å². The molecule has 2 unspecified atom stereocenters. The van der Waals surface area contributed by atoms with E-state index in [1.54, 1.807) is 0 Å². The minimum Gasteiger partial charge on any atom is -0.396 e. The van der Waals surface area contributed by atoms with Crippen LogP contribution in [0, 0.1) is 12.8 Å². The summed E-state index contributed by atoms with van der Waals surface area (Å²) in [5.74, 6) is 0.288. The molecule has 0 amide bonds. The third-order valence-corrected chi connectivity index (χ3v) is 3.55. The normalized spacial score (nSPS) is 14.8. The van der Waals surface area contributed by atoms with Gasteiger partial charge in [-0.25, -0.2) is 0 Å². The van der Waals surface area contributed by atoms with Gasteiger partial charge in [0, 0.05) is 23.7 Å². The molecule has 0 bridgehead atoms. The summed E-state index contributed by atoms with van der Waals surface area (Å²) in [6.45, 7) is 7.35. The second-order valence-corrected chi connectivity index (χ2v) is 5.32. The van der Waals surface area contributed by atoms with Crippen molar-refractivity contribution in [1.82, 2.24) is 5.32 Å². The van der Waals surface area contributed by atoms with Crippen LogP contribution in [0.5, 0.6) is 0 Å². The number of hydrogen-bond donors (Lipinski definition) is 2. The number of halogens is 1. The zero-order valence-electron chi connectivity index (χ0n) is 10.1. The van der Waals surface area contributed by atoms with Crippen molar-refractivity contribution in [2.24, 2.45) is 5.92 Å². The van der Waals surface area contributed by atoms with Gasteiger partial charge in [-0.1, -0.05) is 28.9 Å². The van der Waals surface area contributed by atoms with E-state index < -0.39 is 0 Å². The van der Waals surface area contributed by atoms with E-state index in [4.69, 9.17) is 5.11 Å². The Morgan fingerprint density at radius 2 is 2.06 bits per heavy atom. The molecular weight excluding hydrogens is 266 g/mol. The Kier molecular flexibility index (Phi) is 5.46. The molecular formula is C13H20BrNO. The predicted octanol–water partition coefficient (Wildman–Crippen LogP) is 2.86. The van der Waals surface area contributed by atoms with Crippen LogP contribution in [-0.2, 0) is 6.54 Å². The van der Waals surface area contributed by atoms with Crippen molar-refractivity contribution < 1.29 is 5.11 Å². The summed E-state index contributed by atoms with van der Waals surface area (Å²) in [7, 11) is 0. The summed E-state index contributed by atoms with van der Waals surface area (Å²) in [5.41, 5.74) is 2.59. The molecule has 0 saturated heterocycles. The van der Waals surface area contributed by atoms with E-state index in [1.165, 1.54) is 11.1 Å². The number of hydrogen-bond acceptors (Lipinski definition) is 2. The lowest BCUT2D eigenvalue weighted by atomic mass is 10.0. The molecule has 2 nitrogen and oxygen atoms in total. The van der Waals surface area contributed by atoms with Crippen LogP contribution in [0.25, 0.3) is 0 Å². The number of rotatable bonds is 5. The minimum atomic E-state index is 0.230. The molecule has 1 rings (SSSR count). The molecule has 2 atom stereocenters. The fourth-order valence-electron chi connectivity index (χ4n) is 1.49. The number of aliphatic hydroxyl groups is 1. The van der Waals surface area contributed by atoms with Crippen LogP contribution < -0.4 is 5.32 Å². The predicted molar refractivity (Wildman–Crippen MR) is 71.4 cm³/mol. The average molecular weight is 286 g/mol. The maximum Gasteiger partial charge on any atom is 0.0471 e. The first kappa shape index (κ1) is 13.7. The second-order valence-electron chi connectivity index (χ2n) is 4.40. The molecule has 16 heavy (non-hydrogen) atoms. The molecule has 0 aromatic heterocycles. The van der Waals surface area contributed by atoms with Gasteiger partial charge in [-0.15, -0.1) is 0 Å². The van der Waals surface area contributed by atoms with Crippen LogP contribution in [0.15, 0.2) is 22.7 Å². The Morgan fingerprint density at radius 3 is 2.62 bits per heavy atom. The molecule has 0 aliphatic heterocycles. The number of aliphatic hydroxyl groups excluding tert-OH is 1. The summed E-state index contributed by atoms with van der Waals surface area (Å²) in [5, 5.41) is 12.5. The van der Waals surface area contributed by atoms with E-state index in [1.807, 2.05) is 6.92 Å². The minimum absolute atomic E-state index is 0.230. The molecule has 0 fully saturated rings. The smallest absolute Gasteiger partial charge is 0.0471 e. The third-order valence-electron chi connectivity index (χ3n) is 3.06. The fourth-order valence-corrected chi connectivity index (χ4v) is 1.96. The molecule has 0 spiro atoms. The summed E-state index contributed by atoms with van der Waals surface area (Å²) < 4.78 is 1.12. The fraction of sp³-hybridized carbons (Fsp3) is 0.538. The Balaban J connectivity index is 2.54. The van der Waals surface area contributed by atoms with Gasteiger partial charge >= 0.3 is 0 Å². The van der Waals surface area contributed by atoms with Gasteiger partial charge in [-0.3, -0.25) is 0 Å². The largest absolute Gasteiger partial charge is 0.396 e. The highest BCUT2D eigenvalue weighted by molar-refractivity contribution is 9.10. The summed E-state index contributed by atoms with van der Waals surface area (Å²) in [6.07, 6.45) is 0. The Bertz CT molecular complexity index is 341. The van der Waals surface area contributed by atoms with E-state index in [2.05, 4.69) is 53.3 Å². The van der Waals surface area contributed by atoms with E-state index in [0.717, 1.165) is 11.0 Å². The molecule has 0 aliphatic rings. The van der Waals surface area contributed by atoms with Crippen molar-refractivity contribution >= 4 is 15.9 Å². The summed E-state index contributed by atoms with van der Waals surface area (Å²) in [6, 6.07) is 6.64. The van der Waals surface area contributed by atoms with Crippen LogP contribution >= 0.6 is 15.9 Å². The highest BCUT2D eigenvalue weighted by atomic mass is 79.9. The van der Waals surface area contributed by atoms with Gasteiger partial charge in [0.25, 0.3) is 0 Å². The van der Waals surface area contributed by atoms with Crippen LogP contribution in [0.2, 0.25) is 0 Å². The van der Waals surface area contributed by atoms with Crippen molar-refractivity contribution in [2.45, 2.75) is 33.4 Å². The van der Waals surface area contributed by atoms with Gasteiger partial charge in [-0.2, -0.15) is 0 Å². The number of benzene rings is 1. The lowest BCUT2D eigenvalue weighted by molar-refractivity contribution is 0.207. The molecule has 0 radical (unpaired) electrons. The first-order valence-corrected chi connectivity index (χ1v) is 6.43. The Labute approximate surface area is 106 Å². The van der Waals surface area contributed by atoms with Crippen LogP contribution in [0.1, 0.15) is 25.0 Å². The summed E-state index contributed by atoms with van der Waals surface area (Å²) >= 11 is 3.46. The van der Waals surface area contributed by atoms with Crippen molar-refractivity contribution in [3.63, 3.8) is 0 Å². The summed E-state index contributed by atoms with van der Waals surface area (Å²) in [4.78, 5) is 0. The van der Waals surface area contributed by atoms with E-state index in [9.17, 15) is 0 Å². The Morgan fingerprint density at radius 1 is 1.38 bits per heavy atom. The van der Waals surface area contributed by atoms with Crippen molar-refractivity contribution in [3.05, 3.63) is 33.8 Å². The maximum absolute atomic E-state index is 9.05. The van der Waals surface area contributed by atoms with Gasteiger partial charge in [0.15, 0.2) is 0 Å². The quantitative estimate of drug-likeness (QED) is 0.872. The zero-order valence-corrected chi connectivity index (χ0v) is 11.7. The molecule has 0 heterocycles. The average Bonchev–Trinajstić information content (AvgIpc) is 2.26. The SMILES string of the molecule is Cc1cc(Br)ccc1CNC(C)C(C)CO. The van der Waals surface area contributed by atoms with E-state index >= 15 is 0 Å². The van der Waals surface area contributed by atoms with E-state index in [0.29, 0.717) is 6.04 Å². The van der Waals surface area contributed by atoms with Crippen molar-refractivity contribution in [3.8, 4) is 0 Å². The van der Waals surface area contributed by atoms with Gasteiger partial charge in [-0.05, 0) is 43.0 Å². The lowest BCUT2D eigenvalue weighted by Gasteiger charge is -2.20. The van der Waals surface area contributed by atoms with Crippen LogP contribution in [-0.4, -0.2) is 17.8 Å². The van der Waals surface area contributed by atoms with Crippen LogP contribution in [0.3, 0.4) is 0 Å². The molecule has 0 aliphatic carbocycles. The monoisotopic (exact) mass is 285 g/mol. The van der Waals surface area contributed by atoms with Gasteiger partial charge in [0.05, 0.1) is 0 Å². The molecule has 1 aromatic carbocycles. The first-order chi connectivity index (χ1) is 7.54. The van der Waals surface area contributed by atoms with Crippen molar-refractivity contribution in [2.75, 3.05) is 6.61 Å². The van der Waals surface area contributed by atoms with Gasteiger partial charge in [0.2, 0.25) is 0 Å². The van der Waals surface area contributed by atoms with Gasteiger partial charge < -0.3 is 10.4 Å². The van der Waals surface area contributed by atoms with Crippen LogP contribution in [0.4, 0.5) is 0 Å². The highest BCUT2D eigenvalue weighted by Gasteiger charge is 2.10.